The van der Waals surface area contributed by atoms with Crippen LogP contribution < -0.4 is 9.03 Å². The van der Waals surface area contributed by atoms with E-state index in [1.165, 1.54) is 12.1 Å². The maximum atomic E-state index is 13.4. The molecule has 2 aromatic rings. The van der Waals surface area contributed by atoms with Gasteiger partial charge in [-0.2, -0.15) is 0 Å². The van der Waals surface area contributed by atoms with Gasteiger partial charge in [0.15, 0.2) is 0 Å². The number of rotatable bonds is 6. The highest BCUT2D eigenvalue weighted by atomic mass is 32.2. The van der Waals surface area contributed by atoms with Crippen LogP contribution in [0, 0.1) is 0 Å². The summed E-state index contributed by atoms with van der Waals surface area (Å²) < 4.78 is 47.5. The predicted octanol–water partition coefficient (Wildman–Crippen LogP) is 2.83. The Morgan fingerprint density at radius 3 is 2.40 bits per heavy atom. The Balaban J connectivity index is 1.89. The van der Waals surface area contributed by atoms with Crippen molar-refractivity contribution in [2.24, 2.45) is 0 Å². The van der Waals surface area contributed by atoms with Gasteiger partial charge in [0.1, 0.15) is 11.3 Å². The topological polar surface area (TPSA) is 98.8 Å². The van der Waals surface area contributed by atoms with E-state index in [1.807, 2.05) is 0 Å². The zero-order chi connectivity index (χ0) is 22.1. The van der Waals surface area contributed by atoms with E-state index in [1.54, 1.807) is 63.2 Å². The summed E-state index contributed by atoms with van der Waals surface area (Å²) in [6, 6.07) is 14.8. The van der Waals surface area contributed by atoms with Crippen molar-refractivity contribution in [2.45, 2.75) is 36.6 Å². The summed E-state index contributed by atoms with van der Waals surface area (Å²) in [6.07, 6.45) is -1.23. The van der Waals surface area contributed by atoms with Crippen LogP contribution in [0.4, 0.5) is 5.69 Å². The number of sulfonamides is 1. The molecule has 1 aliphatic heterocycles. The highest BCUT2D eigenvalue weighted by molar-refractivity contribution is 7.93. The first-order valence-corrected chi connectivity index (χ1v) is 11.8. The molecule has 0 aliphatic carbocycles. The van der Waals surface area contributed by atoms with Crippen LogP contribution in [-0.4, -0.2) is 36.5 Å². The van der Waals surface area contributed by atoms with E-state index in [2.05, 4.69) is 11.3 Å². The van der Waals surface area contributed by atoms with Gasteiger partial charge < -0.3 is 9.29 Å². The first-order valence-electron chi connectivity index (χ1n) is 9.26. The first kappa shape index (κ1) is 22.4. The summed E-state index contributed by atoms with van der Waals surface area (Å²) >= 11 is -1.47. The van der Waals surface area contributed by atoms with Crippen LogP contribution in [-0.2, 0) is 30.9 Å². The fourth-order valence-corrected chi connectivity index (χ4v) is 5.18. The van der Waals surface area contributed by atoms with Crippen LogP contribution in [0.3, 0.4) is 0 Å². The molecule has 1 unspecified atom stereocenters. The second kappa shape index (κ2) is 8.43. The second-order valence-electron chi connectivity index (χ2n) is 7.70. The van der Waals surface area contributed by atoms with E-state index in [9.17, 15) is 17.8 Å². The van der Waals surface area contributed by atoms with Crippen LogP contribution in [0.15, 0.2) is 66.1 Å². The number of nitrogens with zero attached hydrogens (tertiary/aromatic N) is 1. The van der Waals surface area contributed by atoms with Crippen LogP contribution >= 0.6 is 0 Å². The first-order chi connectivity index (χ1) is 14.0. The molecule has 3 rings (SSSR count). The summed E-state index contributed by atoms with van der Waals surface area (Å²) in [5.74, 6) is -0.736. The standard InChI is InChI=1S/C21H24N2O5S2/c1-15-17-12-8-9-13-18(17)23(30(26,27)16-10-6-5-7-11-16)20(15)28-19(24)14-22-29(25)21(2,3)4/h5-13,20,22H,1,14H2,2-4H3/t20?,29-/m0/s1. The zero-order valence-corrected chi connectivity index (χ0v) is 18.6. The van der Waals surface area contributed by atoms with Crippen LogP contribution in [0.5, 0.6) is 0 Å². The molecule has 9 heteroatoms. The van der Waals surface area contributed by atoms with Crippen molar-refractivity contribution in [1.29, 1.82) is 0 Å². The largest absolute Gasteiger partial charge is 0.598 e. The Hall–Kier alpha value is -2.33. The minimum absolute atomic E-state index is 0.0718. The van der Waals surface area contributed by atoms with Gasteiger partial charge in [0, 0.05) is 22.5 Å². The molecule has 0 aromatic heterocycles. The number of para-hydroxylation sites is 1. The van der Waals surface area contributed by atoms with E-state index in [4.69, 9.17) is 4.74 Å². The summed E-state index contributed by atoms with van der Waals surface area (Å²) in [5.41, 5.74) is 1.33. The lowest BCUT2D eigenvalue weighted by molar-refractivity contribution is -0.144. The van der Waals surface area contributed by atoms with Gasteiger partial charge in [-0.1, -0.05) is 43.0 Å². The SMILES string of the molecule is C=C1c2ccccc2N(S(=O)(=O)c2ccccc2)C1OC(=O)CN[S@@+]([O-])C(C)(C)C. The average Bonchev–Trinajstić information content (AvgIpc) is 2.98. The number of hydrogen-bond donors (Lipinski definition) is 1. The molecule has 1 aliphatic rings. The number of esters is 1. The number of nitrogens with one attached hydrogen (secondary N) is 1. The fourth-order valence-electron chi connectivity index (χ4n) is 2.93. The van der Waals surface area contributed by atoms with E-state index < -0.39 is 38.3 Å². The van der Waals surface area contributed by atoms with Crippen molar-refractivity contribution < 1.29 is 22.5 Å². The van der Waals surface area contributed by atoms with Gasteiger partial charge in [0.25, 0.3) is 10.0 Å². The van der Waals surface area contributed by atoms with Gasteiger partial charge in [-0.15, -0.1) is 4.72 Å². The molecule has 0 bridgehead atoms. The maximum Gasteiger partial charge on any atom is 0.326 e. The molecule has 30 heavy (non-hydrogen) atoms. The number of benzene rings is 2. The third-order valence-electron chi connectivity index (χ3n) is 4.45. The molecule has 2 atom stereocenters. The maximum absolute atomic E-state index is 13.4. The zero-order valence-electron chi connectivity index (χ0n) is 17.0. The molecule has 0 amide bonds. The molecular formula is C21H24N2O5S2. The van der Waals surface area contributed by atoms with E-state index in [0.717, 1.165) is 4.31 Å². The minimum atomic E-state index is -4.02. The van der Waals surface area contributed by atoms with Crippen molar-refractivity contribution in [3.63, 3.8) is 0 Å². The minimum Gasteiger partial charge on any atom is -0.598 e. The Morgan fingerprint density at radius 1 is 1.17 bits per heavy atom. The van der Waals surface area contributed by atoms with Gasteiger partial charge >= 0.3 is 5.97 Å². The summed E-state index contributed by atoms with van der Waals surface area (Å²) in [5, 5.41) is 0. The quantitative estimate of drug-likeness (QED) is 0.539. The number of hydrogen-bond acceptors (Lipinski definition) is 6. The monoisotopic (exact) mass is 448 g/mol. The van der Waals surface area contributed by atoms with Crippen LogP contribution in [0.2, 0.25) is 0 Å². The average molecular weight is 449 g/mol. The van der Waals surface area contributed by atoms with E-state index in [-0.39, 0.29) is 11.4 Å². The lowest BCUT2D eigenvalue weighted by Crippen LogP contribution is -2.44. The van der Waals surface area contributed by atoms with Gasteiger partial charge in [-0.25, -0.2) is 12.7 Å². The third-order valence-corrected chi connectivity index (χ3v) is 7.74. The van der Waals surface area contributed by atoms with Gasteiger partial charge in [-0.05, 0) is 39.0 Å². The Bertz CT molecular complexity index is 1050. The predicted molar refractivity (Wildman–Crippen MR) is 117 cm³/mol. The van der Waals surface area contributed by atoms with Crippen molar-refractivity contribution in [3.8, 4) is 0 Å². The van der Waals surface area contributed by atoms with Crippen LogP contribution in [0.25, 0.3) is 5.57 Å². The molecule has 7 nitrogen and oxygen atoms in total. The van der Waals surface area contributed by atoms with Crippen molar-refractivity contribution in [3.05, 3.63) is 66.7 Å². The lowest BCUT2D eigenvalue weighted by Gasteiger charge is -2.27. The highest BCUT2D eigenvalue weighted by Gasteiger charge is 2.43. The highest BCUT2D eigenvalue weighted by Crippen LogP contribution is 2.43. The van der Waals surface area contributed by atoms with Crippen molar-refractivity contribution in [2.75, 3.05) is 10.8 Å². The molecule has 1 N–H and O–H groups in total. The van der Waals surface area contributed by atoms with Crippen molar-refractivity contribution in [1.82, 2.24) is 4.72 Å². The fraction of sp³-hybridized carbons (Fsp3) is 0.286. The van der Waals surface area contributed by atoms with Gasteiger partial charge in [0.05, 0.1) is 10.6 Å². The molecule has 0 radical (unpaired) electrons. The molecule has 0 saturated carbocycles. The molecule has 2 aromatic carbocycles. The van der Waals surface area contributed by atoms with Crippen LogP contribution in [0.1, 0.15) is 26.3 Å². The molecule has 0 fully saturated rings. The number of carbonyl (C=O) groups is 1. The molecule has 160 valence electrons. The number of anilines is 1. The van der Waals surface area contributed by atoms with E-state index >= 15 is 0 Å². The molecular weight excluding hydrogens is 424 g/mol. The normalized spacial score (nSPS) is 17.5. The Labute approximate surface area is 180 Å². The molecule has 0 spiro atoms. The van der Waals surface area contributed by atoms with Crippen molar-refractivity contribution >= 4 is 38.6 Å². The summed E-state index contributed by atoms with van der Waals surface area (Å²) in [6.45, 7) is 8.93. The Morgan fingerprint density at radius 2 is 1.77 bits per heavy atom. The molecule has 1 heterocycles. The number of ether oxygens (including phenoxy) is 1. The van der Waals surface area contributed by atoms with E-state index in [0.29, 0.717) is 16.8 Å². The Kier molecular flexibility index (Phi) is 6.28. The summed E-state index contributed by atoms with van der Waals surface area (Å²) in [7, 11) is -4.02. The number of fused-ring (bicyclic) bond motifs is 1. The number of carbonyl (C=O) groups excluding carboxylic acids is 1. The lowest BCUT2D eigenvalue weighted by atomic mass is 10.1. The summed E-state index contributed by atoms with van der Waals surface area (Å²) in [4.78, 5) is 12.5. The smallest absolute Gasteiger partial charge is 0.326 e. The van der Waals surface area contributed by atoms with Gasteiger partial charge in [0.2, 0.25) is 6.23 Å². The molecule has 0 saturated heterocycles. The third kappa shape index (κ3) is 4.39. The van der Waals surface area contributed by atoms with Gasteiger partial charge in [-0.3, -0.25) is 4.79 Å². The second-order valence-corrected chi connectivity index (χ2v) is 11.6.